The van der Waals surface area contributed by atoms with Gasteiger partial charge in [0.25, 0.3) is 0 Å². The van der Waals surface area contributed by atoms with Crippen molar-refractivity contribution in [1.29, 1.82) is 0 Å². The predicted molar refractivity (Wildman–Crippen MR) is 89.4 cm³/mol. The molecule has 2 rings (SSSR count). The molecule has 27 heavy (non-hydrogen) atoms. The van der Waals surface area contributed by atoms with Crippen LogP contribution in [0.4, 0.5) is 26.3 Å². The monoisotopic (exact) mass is 476 g/mol. The van der Waals surface area contributed by atoms with Gasteiger partial charge in [0.15, 0.2) is 0 Å². The van der Waals surface area contributed by atoms with E-state index in [2.05, 4.69) is 0 Å². The van der Waals surface area contributed by atoms with Crippen LogP contribution in [0.25, 0.3) is 0 Å². The molecule has 0 aromatic carbocycles. The molecule has 2 nitrogen and oxygen atoms in total. The van der Waals surface area contributed by atoms with Gasteiger partial charge in [-0.25, -0.2) is 0 Å². The van der Waals surface area contributed by atoms with Crippen molar-refractivity contribution in [2.75, 3.05) is 0 Å². The van der Waals surface area contributed by atoms with E-state index in [4.69, 9.17) is 46.4 Å². The molecule has 2 aliphatic rings. The number of halogens is 10. The van der Waals surface area contributed by atoms with Gasteiger partial charge in [0.05, 0.1) is 0 Å². The highest BCUT2D eigenvalue weighted by Crippen LogP contribution is 2.67. The van der Waals surface area contributed by atoms with Crippen molar-refractivity contribution in [3.63, 3.8) is 0 Å². The Balaban J connectivity index is 2.95. The van der Waals surface area contributed by atoms with Crippen molar-refractivity contribution in [2.24, 2.45) is 5.41 Å². The summed E-state index contributed by atoms with van der Waals surface area (Å²) in [6, 6.07) is 0. The highest BCUT2D eigenvalue weighted by molar-refractivity contribution is 6.35. The topological polar surface area (TPSA) is 40.5 Å². The molecule has 2 atom stereocenters. The standard InChI is InChI=1S/C15H10Cl4F6O2/c16-7-1-8(17)4-11(26,3-7)13(14(20,21)22,15(23,24)25)12(27)5-9(18)2-10(19)6-12/h1-3,5,26-27H,4,6H2. The van der Waals surface area contributed by atoms with Crippen molar-refractivity contribution in [2.45, 2.75) is 36.4 Å². The van der Waals surface area contributed by atoms with Gasteiger partial charge >= 0.3 is 12.4 Å². The second-order valence-corrected chi connectivity index (χ2v) is 8.03. The molecule has 0 saturated heterocycles. The van der Waals surface area contributed by atoms with E-state index in [9.17, 15) is 36.6 Å². The van der Waals surface area contributed by atoms with Gasteiger partial charge in [-0.3, -0.25) is 0 Å². The summed E-state index contributed by atoms with van der Waals surface area (Å²) >= 11 is 22.4. The molecule has 0 saturated carbocycles. The smallest absolute Gasteiger partial charge is 0.384 e. The maximum atomic E-state index is 14.1. The first-order valence-corrected chi connectivity index (χ1v) is 8.57. The van der Waals surface area contributed by atoms with Crippen LogP contribution in [0.15, 0.2) is 44.4 Å². The van der Waals surface area contributed by atoms with Crippen LogP contribution in [0, 0.1) is 5.41 Å². The fourth-order valence-electron chi connectivity index (χ4n) is 3.56. The Kier molecular flexibility index (Phi) is 5.81. The second kappa shape index (κ2) is 6.85. The van der Waals surface area contributed by atoms with Gasteiger partial charge in [-0.15, -0.1) is 0 Å². The fraction of sp³-hybridized carbons (Fsp3) is 0.467. The highest BCUT2D eigenvalue weighted by atomic mass is 35.5. The second-order valence-electron chi connectivity index (χ2n) is 6.19. The van der Waals surface area contributed by atoms with E-state index in [0.717, 1.165) is 12.2 Å². The molecule has 0 aliphatic heterocycles. The third-order valence-electron chi connectivity index (χ3n) is 4.37. The van der Waals surface area contributed by atoms with Crippen molar-refractivity contribution in [1.82, 2.24) is 0 Å². The van der Waals surface area contributed by atoms with Crippen LogP contribution in [0.5, 0.6) is 0 Å². The van der Waals surface area contributed by atoms with Crippen LogP contribution in [0.2, 0.25) is 0 Å². The first kappa shape index (κ1) is 22.9. The van der Waals surface area contributed by atoms with E-state index in [1.165, 1.54) is 0 Å². The first-order valence-electron chi connectivity index (χ1n) is 7.06. The maximum absolute atomic E-state index is 14.1. The minimum Gasteiger partial charge on any atom is -0.384 e. The van der Waals surface area contributed by atoms with Gasteiger partial charge in [-0.05, 0) is 24.3 Å². The Morgan fingerprint density at radius 1 is 0.704 bits per heavy atom. The molecule has 0 radical (unpaired) electrons. The molecule has 0 heterocycles. The number of hydrogen-bond donors (Lipinski definition) is 2. The molecule has 0 fully saturated rings. The lowest BCUT2D eigenvalue weighted by Crippen LogP contribution is -2.74. The van der Waals surface area contributed by atoms with Gasteiger partial charge in [-0.2, -0.15) is 26.3 Å². The summed E-state index contributed by atoms with van der Waals surface area (Å²) in [5.74, 6) is 0. The molecule has 0 spiro atoms. The van der Waals surface area contributed by atoms with Crippen molar-refractivity contribution < 1.29 is 36.6 Å². The van der Waals surface area contributed by atoms with Gasteiger partial charge in [0.2, 0.25) is 5.41 Å². The fourth-order valence-corrected chi connectivity index (χ4v) is 4.94. The van der Waals surface area contributed by atoms with Crippen LogP contribution in [0.1, 0.15) is 12.8 Å². The molecule has 0 aromatic heterocycles. The summed E-state index contributed by atoms with van der Waals surface area (Å²) in [7, 11) is 0. The Labute approximate surface area is 169 Å². The molecule has 12 heteroatoms. The van der Waals surface area contributed by atoms with E-state index < -0.39 is 61.9 Å². The van der Waals surface area contributed by atoms with E-state index in [-0.39, 0.29) is 12.2 Å². The number of rotatable bonds is 2. The van der Waals surface area contributed by atoms with E-state index in [1.54, 1.807) is 0 Å². The third-order valence-corrected chi connectivity index (χ3v) is 5.29. The first-order chi connectivity index (χ1) is 12.0. The maximum Gasteiger partial charge on any atom is 0.409 e. The Hall–Kier alpha value is -0.380. The molecule has 0 bridgehead atoms. The van der Waals surface area contributed by atoms with Crippen molar-refractivity contribution >= 4 is 46.4 Å². The molecule has 2 aliphatic carbocycles. The Morgan fingerprint density at radius 2 is 1.00 bits per heavy atom. The number of aliphatic hydroxyl groups is 2. The molecular formula is C15H10Cl4F6O2. The lowest BCUT2D eigenvalue weighted by Gasteiger charge is -2.55. The van der Waals surface area contributed by atoms with Crippen LogP contribution < -0.4 is 0 Å². The summed E-state index contributed by atoms with van der Waals surface area (Å²) in [4.78, 5) is 0. The van der Waals surface area contributed by atoms with Crippen LogP contribution >= 0.6 is 46.4 Å². The summed E-state index contributed by atoms with van der Waals surface area (Å²) in [5.41, 5.74) is -12.7. The number of allylic oxidation sites excluding steroid dienone is 4. The lowest BCUT2D eigenvalue weighted by molar-refractivity contribution is -0.418. The zero-order valence-corrected chi connectivity index (χ0v) is 15.9. The number of alkyl halides is 6. The van der Waals surface area contributed by atoms with Gasteiger partial charge in [0.1, 0.15) is 11.2 Å². The quantitative estimate of drug-likeness (QED) is 0.489. The van der Waals surface area contributed by atoms with Crippen LogP contribution in [-0.2, 0) is 0 Å². The van der Waals surface area contributed by atoms with Crippen molar-refractivity contribution in [3.05, 3.63) is 44.4 Å². The number of hydrogen-bond acceptors (Lipinski definition) is 2. The normalized spacial score (nSPS) is 30.4. The predicted octanol–water partition coefficient (Wildman–Crippen LogP) is 5.86. The summed E-state index contributed by atoms with van der Waals surface area (Å²) < 4.78 is 84.8. The highest BCUT2D eigenvalue weighted by Gasteiger charge is 2.86. The third kappa shape index (κ3) is 3.53. The Bertz CT molecular complexity index is 703. The minimum atomic E-state index is -6.22. The Morgan fingerprint density at radius 3 is 1.22 bits per heavy atom. The zero-order chi connectivity index (χ0) is 21.1. The largest absolute Gasteiger partial charge is 0.409 e. The average molecular weight is 478 g/mol. The molecule has 2 N–H and O–H groups in total. The van der Waals surface area contributed by atoms with Gasteiger partial charge in [0, 0.05) is 33.0 Å². The molecule has 152 valence electrons. The summed E-state index contributed by atoms with van der Waals surface area (Å²) in [6.07, 6.45) is -13.0. The molecular weight excluding hydrogens is 468 g/mol. The van der Waals surface area contributed by atoms with E-state index in [1.807, 2.05) is 0 Å². The SMILES string of the molecule is OC1(C(C(F)(F)F)(C(F)(F)F)C2(O)C=C(Cl)C=C(Cl)C2)C=C(Cl)C=C(Cl)C1. The average Bonchev–Trinajstić information content (AvgIpc) is 2.29. The van der Waals surface area contributed by atoms with Crippen LogP contribution in [-0.4, -0.2) is 33.8 Å². The van der Waals surface area contributed by atoms with Crippen molar-refractivity contribution in [3.8, 4) is 0 Å². The zero-order valence-electron chi connectivity index (χ0n) is 12.9. The minimum absolute atomic E-state index is 0.160. The molecule has 2 unspecified atom stereocenters. The van der Waals surface area contributed by atoms with Gasteiger partial charge in [-0.1, -0.05) is 46.4 Å². The van der Waals surface area contributed by atoms with E-state index in [0.29, 0.717) is 0 Å². The summed E-state index contributed by atoms with van der Waals surface area (Å²) in [5, 5.41) is 18.9. The molecule has 0 amide bonds. The molecule has 0 aromatic rings. The summed E-state index contributed by atoms with van der Waals surface area (Å²) in [6.45, 7) is 0. The lowest BCUT2D eigenvalue weighted by atomic mass is 9.56. The van der Waals surface area contributed by atoms with Gasteiger partial charge < -0.3 is 10.2 Å². The van der Waals surface area contributed by atoms with E-state index >= 15 is 0 Å². The van der Waals surface area contributed by atoms with Crippen LogP contribution in [0.3, 0.4) is 0 Å².